The second-order valence-electron chi connectivity index (χ2n) is 9.20. The van der Waals surface area contributed by atoms with Crippen molar-refractivity contribution in [2.24, 2.45) is 16.6 Å². The number of nitriles is 1. The lowest BCUT2D eigenvalue weighted by atomic mass is 9.90. The molecule has 0 unspecified atom stereocenters. The number of unbranched alkanes of at least 4 members (excludes halogenated alkanes) is 4. The Morgan fingerprint density at radius 1 is 1.18 bits per heavy atom. The average molecular weight is 472 g/mol. The van der Waals surface area contributed by atoms with Gasteiger partial charge in [-0.1, -0.05) is 38.5 Å². The van der Waals surface area contributed by atoms with Crippen molar-refractivity contribution in [3.8, 4) is 6.19 Å². The Bertz CT molecular complexity index is 773. The molecule has 0 spiro atoms. The average Bonchev–Trinajstić information content (AvgIpc) is 2.83. The van der Waals surface area contributed by atoms with Crippen LogP contribution in [0, 0.1) is 17.4 Å². The van der Waals surface area contributed by atoms with Gasteiger partial charge in [0.15, 0.2) is 0 Å². The first kappa shape index (κ1) is 27.4. The first-order chi connectivity index (χ1) is 16.5. The fourth-order valence-electron chi connectivity index (χ4n) is 4.16. The van der Waals surface area contributed by atoms with Crippen LogP contribution in [0.1, 0.15) is 78.1 Å². The van der Waals surface area contributed by atoms with Gasteiger partial charge in [-0.25, -0.2) is 9.86 Å². The molecule has 1 aromatic heterocycles. The molecule has 0 bridgehead atoms. The number of guanidine groups is 1. The first-order valence-corrected chi connectivity index (χ1v) is 12.6. The Hall–Kier alpha value is -2.86. The molecule has 1 fully saturated rings. The van der Waals surface area contributed by atoms with Crippen LogP contribution in [-0.4, -0.2) is 47.8 Å². The quantitative estimate of drug-likeness (QED) is 0.143. The number of hydrogen-bond acceptors (Lipinski definition) is 5. The standard InChI is InChI=1S/C25H41N7O2/c1-21(2)30-25(33)32(34-19-22-11-7-6-8-12-22)18-10-5-3-4-9-17-31(24(27)29-20-26)23-13-15-28-16-14-23/h13-16,21-22H,3-12,17-19H2,1-2H3,(H2,27,29)(H,30,33). The summed E-state index contributed by atoms with van der Waals surface area (Å²) in [5.74, 6) is 0.749. The molecular formula is C25H41N7O2. The van der Waals surface area contributed by atoms with Crippen LogP contribution in [0.25, 0.3) is 0 Å². The van der Waals surface area contributed by atoms with Crippen LogP contribution in [0.3, 0.4) is 0 Å². The third-order valence-corrected chi connectivity index (χ3v) is 5.99. The van der Waals surface area contributed by atoms with Crippen LogP contribution in [0.4, 0.5) is 10.5 Å². The molecule has 0 aromatic carbocycles. The summed E-state index contributed by atoms with van der Waals surface area (Å²) < 4.78 is 0. The molecule has 34 heavy (non-hydrogen) atoms. The lowest BCUT2D eigenvalue weighted by Gasteiger charge is -2.27. The van der Waals surface area contributed by atoms with Gasteiger partial charge in [-0.05, 0) is 57.6 Å². The van der Waals surface area contributed by atoms with Crippen molar-refractivity contribution in [1.82, 2.24) is 15.4 Å². The van der Waals surface area contributed by atoms with Gasteiger partial charge in [-0.3, -0.25) is 9.82 Å². The molecule has 9 heteroatoms. The fourth-order valence-corrected chi connectivity index (χ4v) is 4.16. The smallest absolute Gasteiger partial charge is 0.341 e. The third kappa shape index (κ3) is 10.4. The molecular weight excluding hydrogens is 430 g/mol. The predicted octanol–water partition coefficient (Wildman–Crippen LogP) is 4.57. The Morgan fingerprint density at radius 2 is 1.82 bits per heavy atom. The molecule has 1 heterocycles. The van der Waals surface area contributed by atoms with E-state index in [-0.39, 0.29) is 18.0 Å². The highest BCUT2D eigenvalue weighted by molar-refractivity contribution is 5.95. The highest BCUT2D eigenvalue weighted by atomic mass is 16.7. The van der Waals surface area contributed by atoms with Crippen LogP contribution in [-0.2, 0) is 4.84 Å². The van der Waals surface area contributed by atoms with E-state index >= 15 is 0 Å². The van der Waals surface area contributed by atoms with Gasteiger partial charge in [0.1, 0.15) is 0 Å². The second kappa shape index (κ2) is 15.9. The molecule has 0 aliphatic heterocycles. The maximum Gasteiger partial charge on any atom is 0.341 e. The molecule has 9 nitrogen and oxygen atoms in total. The van der Waals surface area contributed by atoms with Crippen molar-refractivity contribution in [2.45, 2.75) is 84.1 Å². The first-order valence-electron chi connectivity index (χ1n) is 12.6. The Balaban J connectivity index is 1.72. The number of aliphatic imine (C=N–C) groups is 1. The largest absolute Gasteiger partial charge is 0.369 e. The predicted molar refractivity (Wildman–Crippen MR) is 135 cm³/mol. The number of hydroxylamine groups is 2. The van der Waals surface area contributed by atoms with E-state index in [4.69, 9.17) is 15.8 Å². The number of anilines is 1. The van der Waals surface area contributed by atoms with E-state index in [0.29, 0.717) is 25.6 Å². The minimum absolute atomic E-state index is 0.0774. The molecule has 1 saturated carbocycles. The zero-order valence-corrected chi connectivity index (χ0v) is 20.8. The number of carbonyl (C=O) groups is 1. The molecule has 1 aromatic rings. The third-order valence-electron chi connectivity index (χ3n) is 5.99. The van der Waals surface area contributed by atoms with E-state index in [1.54, 1.807) is 18.6 Å². The van der Waals surface area contributed by atoms with Crippen LogP contribution in [0.15, 0.2) is 29.5 Å². The molecule has 188 valence electrons. The molecule has 2 amide bonds. The van der Waals surface area contributed by atoms with Gasteiger partial charge in [-0.2, -0.15) is 5.26 Å². The Kier molecular flexibility index (Phi) is 12.8. The summed E-state index contributed by atoms with van der Waals surface area (Å²) in [6.45, 7) is 5.81. The number of rotatable bonds is 13. The summed E-state index contributed by atoms with van der Waals surface area (Å²) >= 11 is 0. The molecule has 0 radical (unpaired) electrons. The summed E-state index contributed by atoms with van der Waals surface area (Å²) in [7, 11) is 0. The van der Waals surface area contributed by atoms with Crippen LogP contribution in [0.2, 0.25) is 0 Å². The Labute approximate surface area is 204 Å². The van der Waals surface area contributed by atoms with Gasteiger partial charge < -0.3 is 16.0 Å². The fraction of sp³-hybridized carbons (Fsp3) is 0.680. The zero-order valence-electron chi connectivity index (χ0n) is 20.8. The van der Waals surface area contributed by atoms with Crippen molar-refractivity contribution in [1.29, 1.82) is 5.26 Å². The van der Waals surface area contributed by atoms with E-state index < -0.39 is 0 Å². The lowest BCUT2D eigenvalue weighted by molar-refractivity contribution is -0.133. The van der Waals surface area contributed by atoms with E-state index in [9.17, 15) is 4.79 Å². The van der Waals surface area contributed by atoms with E-state index in [1.165, 1.54) is 37.2 Å². The van der Waals surface area contributed by atoms with Gasteiger partial charge in [-0.15, -0.1) is 4.99 Å². The molecule has 1 aliphatic carbocycles. The number of urea groups is 1. The number of hydrogen-bond donors (Lipinski definition) is 2. The minimum atomic E-state index is -0.147. The van der Waals surface area contributed by atoms with Crippen molar-refractivity contribution in [3.05, 3.63) is 24.5 Å². The zero-order chi connectivity index (χ0) is 24.6. The monoisotopic (exact) mass is 471 g/mol. The van der Waals surface area contributed by atoms with Gasteiger partial charge >= 0.3 is 6.03 Å². The number of nitrogens with zero attached hydrogens (tertiary/aromatic N) is 5. The van der Waals surface area contributed by atoms with Crippen molar-refractivity contribution in [2.75, 3.05) is 24.6 Å². The topological polar surface area (TPSA) is 120 Å². The van der Waals surface area contributed by atoms with Crippen molar-refractivity contribution < 1.29 is 9.63 Å². The van der Waals surface area contributed by atoms with Crippen LogP contribution in [0.5, 0.6) is 0 Å². The summed E-state index contributed by atoms with van der Waals surface area (Å²) in [5, 5.41) is 13.3. The maximum absolute atomic E-state index is 12.6. The SMILES string of the molecule is CC(C)NC(=O)N(CCCCCCCN(C(N)=NC#N)c1ccncc1)OCC1CCCCC1. The van der Waals surface area contributed by atoms with Crippen LogP contribution >= 0.6 is 0 Å². The minimum Gasteiger partial charge on any atom is -0.369 e. The summed E-state index contributed by atoms with van der Waals surface area (Å²) in [4.78, 5) is 28.1. The van der Waals surface area contributed by atoms with E-state index in [1.807, 2.05) is 30.9 Å². The summed E-state index contributed by atoms with van der Waals surface area (Å²) in [5.41, 5.74) is 6.85. The summed E-state index contributed by atoms with van der Waals surface area (Å²) in [6, 6.07) is 3.63. The van der Waals surface area contributed by atoms with Crippen molar-refractivity contribution >= 4 is 17.7 Å². The van der Waals surface area contributed by atoms with Gasteiger partial charge in [0.25, 0.3) is 0 Å². The van der Waals surface area contributed by atoms with Crippen LogP contribution < -0.4 is 16.0 Å². The van der Waals surface area contributed by atoms with E-state index in [2.05, 4.69) is 15.3 Å². The Morgan fingerprint density at radius 3 is 2.47 bits per heavy atom. The number of aromatic nitrogens is 1. The van der Waals surface area contributed by atoms with Gasteiger partial charge in [0, 0.05) is 30.7 Å². The molecule has 1 aliphatic rings. The molecule has 0 atom stereocenters. The highest BCUT2D eigenvalue weighted by Gasteiger charge is 2.19. The van der Waals surface area contributed by atoms with Gasteiger partial charge in [0.05, 0.1) is 13.2 Å². The summed E-state index contributed by atoms with van der Waals surface area (Å²) in [6.07, 6.45) is 16.2. The van der Waals surface area contributed by atoms with Crippen molar-refractivity contribution in [3.63, 3.8) is 0 Å². The molecule has 0 saturated heterocycles. The van der Waals surface area contributed by atoms with E-state index in [0.717, 1.165) is 37.8 Å². The molecule has 3 N–H and O–H groups in total. The highest BCUT2D eigenvalue weighted by Crippen LogP contribution is 2.24. The number of nitrogens with two attached hydrogens (primary N) is 1. The number of pyridine rings is 1. The number of amides is 2. The lowest BCUT2D eigenvalue weighted by Crippen LogP contribution is -2.44. The van der Waals surface area contributed by atoms with Gasteiger partial charge in [0.2, 0.25) is 12.2 Å². The molecule has 2 rings (SSSR count). The second-order valence-corrected chi connectivity index (χ2v) is 9.20. The number of carbonyl (C=O) groups excluding carboxylic acids is 1. The normalized spacial score (nSPS) is 14.6. The maximum atomic E-state index is 12.6. The number of nitrogens with one attached hydrogen (secondary N) is 1.